The molecule has 0 bridgehead atoms. The predicted molar refractivity (Wildman–Crippen MR) is 105 cm³/mol. The minimum absolute atomic E-state index is 0.0144. The number of aryl methyl sites for hydroxylation is 2. The molecule has 3 rings (SSSR count). The lowest BCUT2D eigenvalue weighted by molar-refractivity contribution is -0.117. The van der Waals surface area contributed by atoms with Crippen LogP contribution >= 0.6 is 11.3 Å². The molecule has 1 amide bonds. The van der Waals surface area contributed by atoms with Crippen molar-refractivity contribution in [3.8, 4) is 11.5 Å². The minimum Gasteiger partial charge on any atom is -0.497 e. The third-order valence-corrected chi connectivity index (χ3v) is 5.69. The molecular weight excluding hydrogens is 348 g/mol. The zero-order chi connectivity index (χ0) is 18.5. The van der Waals surface area contributed by atoms with Crippen molar-refractivity contribution in [1.82, 2.24) is 4.98 Å². The molecule has 1 aromatic heterocycles. The number of carbonyl (C=O) groups excluding carboxylic acids is 1. The number of benzene rings is 1. The predicted octanol–water partition coefficient (Wildman–Crippen LogP) is 3.80. The van der Waals surface area contributed by atoms with E-state index < -0.39 is 0 Å². The molecule has 6 heteroatoms. The van der Waals surface area contributed by atoms with Gasteiger partial charge in [0.2, 0.25) is 5.91 Å². The van der Waals surface area contributed by atoms with Crippen LogP contribution in [0.15, 0.2) is 30.9 Å². The molecule has 0 fully saturated rings. The second-order valence-corrected chi connectivity index (χ2v) is 7.28. The van der Waals surface area contributed by atoms with Gasteiger partial charge >= 0.3 is 0 Å². The van der Waals surface area contributed by atoms with E-state index in [1.54, 1.807) is 42.6 Å². The summed E-state index contributed by atoms with van der Waals surface area (Å²) >= 11 is 1.63. The van der Waals surface area contributed by atoms with Crippen molar-refractivity contribution in [2.45, 2.75) is 32.1 Å². The van der Waals surface area contributed by atoms with Crippen LogP contribution in [0, 0.1) is 0 Å². The summed E-state index contributed by atoms with van der Waals surface area (Å²) in [6.45, 7) is 4.24. The van der Waals surface area contributed by atoms with E-state index in [-0.39, 0.29) is 12.3 Å². The van der Waals surface area contributed by atoms with Crippen molar-refractivity contribution in [3.05, 3.63) is 47.0 Å². The SMILES string of the molecule is C=CCN(C(=O)Cc1ccc(OC)cc1OC)c1nc2c(s1)CCCC2. The molecule has 0 spiro atoms. The lowest BCUT2D eigenvalue weighted by atomic mass is 10.0. The molecule has 5 nitrogen and oxygen atoms in total. The topological polar surface area (TPSA) is 51.7 Å². The number of amides is 1. The van der Waals surface area contributed by atoms with E-state index in [0.717, 1.165) is 29.2 Å². The number of nitrogens with zero attached hydrogens (tertiary/aromatic N) is 2. The van der Waals surface area contributed by atoms with Crippen LogP contribution in [0.4, 0.5) is 5.13 Å². The summed E-state index contributed by atoms with van der Waals surface area (Å²) in [6.07, 6.45) is 6.43. The molecule has 1 aliphatic carbocycles. The monoisotopic (exact) mass is 372 g/mol. The Morgan fingerprint density at radius 1 is 1.31 bits per heavy atom. The largest absolute Gasteiger partial charge is 0.497 e. The lowest BCUT2D eigenvalue weighted by Gasteiger charge is -2.19. The first-order valence-corrected chi connectivity index (χ1v) is 9.58. The molecule has 2 aromatic rings. The van der Waals surface area contributed by atoms with Gasteiger partial charge in [-0.15, -0.1) is 17.9 Å². The number of anilines is 1. The molecule has 0 saturated carbocycles. The molecule has 1 aromatic carbocycles. The Balaban J connectivity index is 1.83. The first-order valence-electron chi connectivity index (χ1n) is 8.77. The second-order valence-electron chi connectivity index (χ2n) is 6.22. The zero-order valence-electron chi connectivity index (χ0n) is 15.3. The van der Waals surface area contributed by atoms with Gasteiger partial charge in [0.15, 0.2) is 5.13 Å². The number of hydrogen-bond acceptors (Lipinski definition) is 5. The van der Waals surface area contributed by atoms with Crippen LogP contribution in [0.2, 0.25) is 0 Å². The maximum absolute atomic E-state index is 13.0. The summed E-state index contributed by atoms with van der Waals surface area (Å²) in [4.78, 5) is 20.8. The van der Waals surface area contributed by atoms with Crippen molar-refractivity contribution in [2.24, 2.45) is 0 Å². The van der Waals surface area contributed by atoms with Gasteiger partial charge in [-0.1, -0.05) is 12.1 Å². The van der Waals surface area contributed by atoms with E-state index >= 15 is 0 Å². The molecule has 26 heavy (non-hydrogen) atoms. The molecule has 0 unspecified atom stereocenters. The number of ether oxygens (including phenoxy) is 2. The van der Waals surface area contributed by atoms with Crippen molar-refractivity contribution in [2.75, 3.05) is 25.7 Å². The maximum atomic E-state index is 13.0. The Kier molecular flexibility index (Phi) is 5.93. The normalized spacial score (nSPS) is 13.0. The summed E-state index contributed by atoms with van der Waals surface area (Å²) in [6, 6.07) is 5.50. The number of hydrogen-bond donors (Lipinski definition) is 0. The highest BCUT2D eigenvalue weighted by atomic mass is 32.1. The second kappa shape index (κ2) is 8.36. The van der Waals surface area contributed by atoms with Crippen LogP contribution in [-0.4, -0.2) is 31.7 Å². The number of aromatic nitrogens is 1. The Bertz CT molecular complexity index is 777. The fraction of sp³-hybridized carbons (Fsp3) is 0.400. The van der Waals surface area contributed by atoms with E-state index in [2.05, 4.69) is 6.58 Å². The Labute approximate surface area is 158 Å². The van der Waals surface area contributed by atoms with Crippen molar-refractivity contribution >= 4 is 22.4 Å². The van der Waals surface area contributed by atoms with Crippen molar-refractivity contribution < 1.29 is 14.3 Å². The molecule has 1 heterocycles. The summed E-state index contributed by atoms with van der Waals surface area (Å²) in [7, 11) is 3.20. The summed E-state index contributed by atoms with van der Waals surface area (Å²) in [5.41, 5.74) is 1.98. The lowest BCUT2D eigenvalue weighted by Crippen LogP contribution is -2.32. The van der Waals surface area contributed by atoms with Gasteiger partial charge in [-0.25, -0.2) is 4.98 Å². The standard InChI is InChI=1S/C20H24N2O3S/c1-4-11-22(20-21-16-7-5-6-8-18(16)26-20)19(23)12-14-9-10-15(24-2)13-17(14)25-3/h4,9-10,13H,1,5-8,11-12H2,2-3H3. The van der Waals surface area contributed by atoms with E-state index in [4.69, 9.17) is 14.5 Å². The molecule has 0 N–H and O–H groups in total. The summed E-state index contributed by atoms with van der Waals surface area (Å²) in [5.74, 6) is 1.34. The number of carbonyl (C=O) groups is 1. The van der Waals surface area contributed by atoms with Gasteiger partial charge in [0, 0.05) is 23.1 Å². The van der Waals surface area contributed by atoms with Crippen LogP contribution in [-0.2, 0) is 24.1 Å². The van der Waals surface area contributed by atoms with Crippen LogP contribution in [0.3, 0.4) is 0 Å². The van der Waals surface area contributed by atoms with E-state index in [9.17, 15) is 4.79 Å². The van der Waals surface area contributed by atoms with Gasteiger partial charge in [0.1, 0.15) is 11.5 Å². The number of thiazole rings is 1. The van der Waals surface area contributed by atoms with Crippen molar-refractivity contribution in [3.63, 3.8) is 0 Å². The van der Waals surface area contributed by atoms with Gasteiger partial charge in [-0.2, -0.15) is 0 Å². The van der Waals surface area contributed by atoms with Crippen LogP contribution in [0.1, 0.15) is 29.0 Å². The summed E-state index contributed by atoms with van der Waals surface area (Å²) < 4.78 is 10.6. The van der Waals surface area contributed by atoms with Gasteiger partial charge in [-0.3, -0.25) is 9.69 Å². The average molecular weight is 372 g/mol. The van der Waals surface area contributed by atoms with Gasteiger partial charge in [0.05, 0.1) is 26.3 Å². The Morgan fingerprint density at radius 3 is 2.81 bits per heavy atom. The molecule has 0 atom stereocenters. The van der Waals surface area contributed by atoms with Gasteiger partial charge in [0.25, 0.3) is 0 Å². The van der Waals surface area contributed by atoms with Crippen LogP contribution in [0.5, 0.6) is 11.5 Å². The van der Waals surface area contributed by atoms with Gasteiger partial charge < -0.3 is 9.47 Å². The molecule has 1 aliphatic rings. The first kappa shape index (κ1) is 18.5. The van der Waals surface area contributed by atoms with Crippen LogP contribution < -0.4 is 14.4 Å². The number of fused-ring (bicyclic) bond motifs is 1. The summed E-state index contributed by atoms with van der Waals surface area (Å²) in [5, 5.41) is 0.772. The highest BCUT2D eigenvalue weighted by Gasteiger charge is 2.23. The minimum atomic E-state index is -0.0144. The Morgan fingerprint density at radius 2 is 2.12 bits per heavy atom. The molecule has 0 saturated heterocycles. The molecular formula is C20H24N2O3S. The average Bonchev–Trinajstić information content (AvgIpc) is 3.09. The van der Waals surface area contributed by atoms with E-state index in [1.807, 2.05) is 12.1 Å². The number of rotatable bonds is 7. The third-order valence-electron chi connectivity index (χ3n) is 4.51. The van der Waals surface area contributed by atoms with Crippen LogP contribution in [0.25, 0.3) is 0 Å². The molecule has 0 radical (unpaired) electrons. The van der Waals surface area contributed by atoms with Crippen molar-refractivity contribution in [1.29, 1.82) is 0 Å². The quantitative estimate of drug-likeness (QED) is 0.694. The van der Waals surface area contributed by atoms with E-state index in [1.165, 1.54) is 17.7 Å². The molecule has 0 aliphatic heterocycles. The maximum Gasteiger partial charge on any atom is 0.233 e. The molecule has 138 valence electrons. The Hall–Kier alpha value is -2.34. The fourth-order valence-electron chi connectivity index (χ4n) is 3.13. The third kappa shape index (κ3) is 3.90. The first-order chi connectivity index (χ1) is 12.7. The fourth-order valence-corrected chi connectivity index (χ4v) is 4.30. The zero-order valence-corrected chi connectivity index (χ0v) is 16.1. The smallest absolute Gasteiger partial charge is 0.233 e. The highest BCUT2D eigenvalue weighted by molar-refractivity contribution is 7.16. The highest BCUT2D eigenvalue weighted by Crippen LogP contribution is 2.32. The van der Waals surface area contributed by atoms with Gasteiger partial charge in [-0.05, 0) is 31.7 Å². The number of methoxy groups -OCH3 is 2. The van der Waals surface area contributed by atoms with E-state index in [0.29, 0.717) is 18.0 Å².